The topological polar surface area (TPSA) is 37.8 Å². The minimum Gasteiger partial charge on any atom is -0.312 e. The Bertz CT molecular complexity index is 393. The molecule has 0 spiro atoms. The van der Waals surface area contributed by atoms with Gasteiger partial charge < -0.3 is 5.32 Å². The molecule has 0 saturated carbocycles. The summed E-state index contributed by atoms with van der Waals surface area (Å²) in [5, 5.41) is 3.52. The molecule has 0 bridgehead atoms. The highest BCUT2D eigenvalue weighted by Crippen LogP contribution is 2.16. The molecule has 19 heavy (non-hydrogen) atoms. The summed E-state index contributed by atoms with van der Waals surface area (Å²) in [5.41, 5.74) is 3.81. The molecule has 1 N–H and O–H groups in total. The standard InChI is InChI=1S/C16H29N3/c1-11(2)15-18-12(3)14(13(4)19-15)9-8-10-17-16(5,6)7/h11,17H,8-10H2,1-7H3. The molecule has 0 unspecified atom stereocenters. The average molecular weight is 263 g/mol. The van der Waals surface area contributed by atoms with E-state index in [1.165, 1.54) is 5.56 Å². The third kappa shape index (κ3) is 5.27. The number of nitrogens with one attached hydrogen (secondary N) is 1. The van der Waals surface area contributed by atoms with E-state index in [9.17, 15) is 0 Å². The summed E-state index contributed by atoms with van der Waals surface area (Å²) in [6, 6.07) is 0. The summed E-state index contributed by atoms with van der Waals surface area (Å²) in [4.78, 5) is 9.26. The van der Waals surface area contributed by atoms with Crippen molar-refractivity contribution in [3.05, 3.63) is 22.8 Å². The first-order chi connectivity index (χ1) is 8.70. The third-order valence-electron chi connectivity index (χ3n) is 3.21. The normalized spacial score (nSPS) is 12.2. The van der Waals surface area contributed by atoms with Gasteiger partial charge in [0.05, 0.1) is 0 Å². The van der Waals surface area contributed by atoms with Crippen LogP contribution in [0.1, 0.15) is 69.7 Å². The molecule has 1 heterocycles. The van der Waals surface area contributed by atoms with Crippen LogP contribution in [-0.2, 0) is 6.42 Å². The lowest BCUT2D eigenvalue weighted by atomic mass is 10.0. The van der Waals surface area contributed by atoms with Crippen LogP contribution in [0.5, 0.6) is 0 Å². The Morgan fingerprint density at radius 3 is 2.00 bits per heavy atom. The zero-order valence-corrected chi connectivity index (χ0v) is 13.6. The van der Waals surface area contributed by atoms with E-state index >= 15 is 0 Å². The molecule has 1 aromatic heterocycles. The molecule has 0 aliphatic heterocycles. The van der Waals surface area contributed by atoms with Crippen LogP contribution in [0.15, 0.2) is 0 Å². The zero-order chi connectivity index (χ0) is 14.6. The molecule has 0 amide bonds. The van der Waals surface area contributed by atoms with Crippen molar-refractivity contribution in [2.75, 3.05) is 6.54 Å². The molecule has 0 aliphatic carbocycles. The van der Waals surface area contributed by atoms with E-state index in [1.54, 1.807) is 0 Å². The maximum absolute atomic E-state index is 4.63. The van der Waals surface area contributed by atoms with Gasteiger partial charge in [-0.15, -0.1) is 0 Å². The zero-order valence-electron chi connectivity index (χ0n) is 13.6. The van der Waals surface area contributed by atoms with E-state index < -0.39 is 0 Å². The van der Waals surface area contributed by atoms with Crippen LogP contribution in [0, 0.1) is 13.8 Å². The molecule has 1 aromatic rings. The Morgan fingerprint density at radius 2 is 1.58 bits per heavy atom. The molecule has 0 radical (unpaired) electrons. The number of nitrogens with zero attached hydrogens (tertiary/aromatic N) is 2. The Kier molecular flexibility index (Phi) is 5.48. The smallest absolute Gasteiger partial charge is 0.131 e. The fraction of sp³-hybridized carbons (Fsp3) is 0.750. The van der Waals surface area contributed by atoms with Crippen LogP contribution in [0.4, 0.5) is 0 Å². The molecule has 0 aromatic carbocycles. The summed E-state index contributed by atoms with van der Waals surface area (Å²) in [6.07, 6.45) is 2.18. The molecular formula is C16H29N3. The Balaban J connectivity index is 2.64. The molecular weight excluding hydrogens is 234 g/mol. The molecule has 3 nitrogen and oxygen atoms in total. The minimum absolute atomic E-state index is 0.197. The number of hydrogen-bond donors (Lipinski definition) is 1. The van der Waals surface area contributed by atoms with Gasteiger partial charge in [-0.1, -0.05) is 13.8 Å². The number of aromatic nitrogens is 2. The van der Waals surface area contributed by atoms with E-state index in [0.717, 1.165) is 36.6 Å². The lowest BCUT2D eigenvalue weighted by Gasteiger charge is -2.20. The largest absolute Gasteiger partial charge is 0.312 e. The predicted molar refractivity (Wildman–Crippen MR) is 81.7 cm³/mol. The lowest BCUT2D eigenvalue weighted by molar-refractivity contribution is 0.422. The number of aryl methyl sites for hydroxylation is 2. The highest BCUT2D eigenvalue weighted by molar-refractivity contribution is 5.25. The van der Waals surface area contributed by atoms with Crippen molar-refractivity contribution in [2.45, 2.75) is 72.8 Å². The van der Waals surface area contributed by atoms with Crippen molar-refractivity contribution in [1.29, 1.82) is 0 Å². The first kappa shape index (κ1) is 16.1. The van der Waals surface area contributed by atoms with Gasteiger partial charge in [-0.2, -0.15) is 0 Å². The molecule has 0 aliphatic rings. The van der Waals surface area contributed by atoms with Gasteiger partial charge in [-0.3, -0.25) is 0 Å². The van der Waals surface area contributed by atoms with Crippen molar-refractivity contribution < 1.29 is 0 Å². The summed E-state index contributed by atoms with van der Waals surface area (Å²) in [7, 11) is 0. The van der Waals surface area contributed by atoms with Crippen molar-refractivity contribution in [2.24, 2.45) is 0 Å². The van der Waals surface area contributed by atoms with Gasteiger partial charge in [0.2, 0.25) is 0 Å². The molecule has 108 valence electrons. The highest BCUT2D eigenvalue weighted by Gasteiger charge is 2.11. The molecule has 0 fully saturated rings. The van der Waals surface area contributed by atoms with E-state index in [2.05, 4.69) is 63.8 Å². The molecule has 3 heteroatoms. The van der Waals surface area contributed by atoms with E-state index in [4.69, 9.17) is 0 Å². The highest BCUT2D eigenvalue weighted by atomic mass is 14.9. The minimum atomic E-state index is 0.197. The monoisotopic (exact) mass is 263 g/mol. The summed E-state index contributed by atoms with van der Waals surface area (Å²) in [6.45, 7) is 16.1. The lowest BCUT2D eigenvalue weighted by Crippen LogP contribution is -2.36. The van der Waals surface area contributed by atoms with E-state index in [-0.39, 0.29) is 5.54 Å². The Morgan fingerprint density at radius 1 is 1.05 bits per heavy atom. The van der Waals surface area contributed by atoms with Gasteiger partial charge >= 0.3 is 0 Å². The van der Waals surface area contributed by atoms with Gasteiger partial charge in [-0.25, -0.2) is 9.97 Å². The summed E-state index contributed by atoms with van der Waals surface area (Å²) in [5.74, 6) is 1.36. The molecule has 0 atom stereocenters. The van der Waals surface area contributed by atoms with Crippen LogP contribution in [-0.4, -0.2) is 22.1 Å². The summed E-state index contributed by atoms with van der Waals surface area (Å²) < 4.78 is 0. The van der Waals surface area contributed by atoms with Gasteiger partial charge in [0, 0.05) is 22.8 Å². The second-order valence-corrected chi connectivity index (χ2v) is 6.67. The van der Waals surface area contributed by atoms with Crippen molar-refractivity contribution in [3.8, 4) is 0 Å². The average Bonchev–Trinajstić information content (AvgIpc) is 2.25. The van der Waals surface area contributed by atoms with E-state index in [0.29, 0.717) is 5.92 Å². The maximum Gasteiger partial charge on any atom is 0.131 e. The van der Waals surface area contributed by atoms with Crippen LogP contribution in [0.25, 0.3) is 0 Å². The first-order valence-corrected chi connectivity index (χ1v) is 7.29. The van der Waals surface area contributed by atoms with Crippen molar-refractivity contribution in [1.82, 2.24) is 15.3 Å². The Labute approximate surface area is 118 Å². The van der Waals surface area contributed by atoms with Crippen LogP contribution in [0.2, 0.25) is 0 Å². The Hall–Kier alpha value is -0.960. The van der Waals surface area contributed by atoms with Crippen LogP contribution >= 0.6 is 0 Å². The van der Waals surface area contributed by atoms with Gasteiger partial charge in [0.15, 0.2) is 0 Å². The quantitative estimate of drug-likeness (QED) is 0.826. The van der Waals surface area contributed by atoms with Crippen molar-refractivity contribution >= 4 is 0 Å². The second kappa shape index (κ2) is 6.47. The number of rotatable bonds is 5. The molecule has 0 saturated heterocycles. The third-order valence-corrected chi connectivity index (χ3v) is 3.21. The van der Waals surface area contributed by atoms with Crippen LogP contribution in [0.3, 0.4) is 0 Å². The second-order valence-electron chi connectivity index (χ2n) is 6.67. The SMILES string of the molecule is Cc1nc(C(C)C)nc(C)c1CCCNC(C)(C)C. The van der Waals surface area contributed by atoms with Gasteiger partial charge in [0.25, 0.3) is 0 Å². The number of hydrogen-bond acceptors (Lipinski definition) is 3. The fourth-order valence-electron chi connectivity index (χ4n) is 2.11. The molecule has 1 rings (SSSR count). The van der Waals surface area contributed by atoms with E-state index in [1.807, 2.05) is 0 Å². The fourth-order valence-corrected chi connectivity index (χ4v) is 2.11. The predicted octanol–water partition coefficient (Wildman–Crippen LogP) is 3.54. The first-order valence-electron chi connectivity index (χ1n) is 7.29. The van der Waals surface area contributed by atoms with Crippen molar-refractivity contribution in [3.63, 3.8) is 0 Å². The van der Waals surface area contributed by atoms with Crippen LogP contribution < -0.4 is 5.32 Å². The van der Waals surface area contributed by atoms with Gasteiger partial charge in [0.1, 0.15) is 5.82 Å². The van der Waals surface area contributed by atoms with Gasteiger partial charge in [-0.05, 0) is 59.6 Å². The summed E-state index contributed by atoms with van der Waals surface area (Å²) >= 11 is 0. The maximum atomic E-state index is 4.63.